The van der Waals surface area contributed by atoms with E-state index < -0.39 is 0 Å². The zero-order valence-electron chi connectivity index (χ0n) is 13.9. The first-order valence-electron chi connectivity index (χ1n) is 8.02. The van der Waals surface area contributed by atoms with E-state index in [2.05, 4.69) is 48.2 Å². The number of benzene rings is 1. The predicted molar refractivity (Wildman–Crippen MR) is 91.1 cm³/mol. The molecule has 3 rings (SSSR count). The number of amides is 1. The lowest BCUT2D eigenvalue weighted by atomic mass is 10.1. The number of hydrogen-bond acceptors (Lipinski definition) is 4. The van der Waals surface area contributed by atoms with Gasteiger partial charge in [-0.15, -0.1) is 0 Å². The van der Waals surface area contributed by atoms with Gasteiger partial charge in [0.2, 0.25) is 5.95 Å². The molecule has 1 aliphatic heterocycles. The molecule has 120 valence electrons. The molecule has 2 heterocycles. The summed E-state index contributed by atoms with van der Waals surface area (Å²) in [5, 5.41) is 3.26. The van der Waals surface area contributed by atoms with Crippen molar-refractivity contribution in [3.05, 3.63) is 46.8 Å². The molecule has 23 heavy (non-hydrogen) atoms. The van der Waals surface area contributed by atoms with E-state index in [1.165, 1.54) is 5.56 Å². The van der Waals surface area contributed by atoms with Crippen LogP contribution in [0.25, 0.3) is 0 Å². The van der Waals surface area contributed by atoms with Crippen LogP contribution in [-0.4, -0.2) is 33.9 Å². The molecule has 0 aliphatic carbocycles. The number of aromatic nitrogens is 2. The fraction of sp³-hybridized carbons (Fsp3) is 0.389. The van der Waals surface area contributed by atoms with Gasteiger partial charge in [-0.1, -0.05) is 17.7 Å². The molecule has 5 nitrogen and oxygen atoms in total. The van der Waals surface area contributed by atoms with Crippen molar-refractivity contribution in [3.63, 3.8) is 0 Å². The van der Waals surface area contributed by atoms with Crippen LogP contribution < -0.4 is 5.32 Å². The third-order valence-corrected chi connectivity index (χ3v) is 4.18. The van der Waals surface area contributed by atoms with Crippen LogP contribution in [0.5, 0.6) is 0 Å². The lowest BCUT2D eigenvalue weighted by Crippen LogP contribution is -2.28. The number of carbonyl (C=O) groups excluding carboxylic acids is 1. The molecule has 2 aromatic rings. The monoisotopic (exact) mass is 310 g/mol. The zero-order chi connectivity index (χ0) is 16.4. The number of likely N-dealkylation sites (tertiary alicyclic amines) is 1. The molecule has 0 spiro atoms. The second-order valence-electron chi connectivity index (χ2n) is 6.16. The van der Waals surface area contributed by atoms with Gasteiger partial charge in [0.05, 0.1) is 0 Å². The summed E-state index contributed by atoms with van der Waals surface area (Å²) in [6, 6.07) is 5.92. The van der Waals surface area contributed by atoms with Gasteiger partial charge in [-0.05, 0) is 50.8 Å². The first kappa shape index (κ1) is 15.5. The Hall–Kier alpha value is -2.43. The summed E-state index contributed by atoms with van der Waals surface area (Å²) < 4.78 is 0. The highest BCUT2D eigenvalue weighted by molar-refractivity contribution is 5.92. The van der Waals surface area contributed by atoms with Gasteiger partial charge < -0.3 is 10.2 Å². The average Bonchev–Trinajstić information content (AvgIpc) is 3.05. The molecule has 0 atom stereocenters. The summed E-state index contributed by atoms with van der Waals surface area (Å²) in [4.78, 5) is 23.0. The molecule has 1 aromatic heterocycles. The molecule has 0 radical (unpaired) electrons. The molecular formula is C18H22N4O. The minimum absolute atomic E-state index is 0.00898. The van der Waals surface area contributed by atoms with E-state index >= 15 is 0 Å². The summed E-state index contributed by atoms with van der Waals surface area (Å²) in [6.45, 7) is 7.84. The summed E-state index contributed by atoms with van der Waals surface area (Å²) in [7, 11) is 0. The number of anilines is 2. The zero-order valence-corrected chi connectivity index (χ0v) is 13.9. The van der Waals surface area contributed by atoms with E-state index in [1.54, 1.807) is 12.3 Å². The van der Waals surface area contributed by atoms with Crippen molar-refractivity contribution < 1.29 is 4.79 Å². The van der Waals surface area contributed by atoms with E-state index in [-0.39, 0.29) is 5.91 Å². The molecule has 1 aliphatic rings. The van der Waals surface area contributed by atoms with Gasteiger partial charge in [0, 0.05) is 25.0 Å². The lowest BCUT2D eigenvalue weighted by molar-refractivity contribution is 0.0787. The smallest absolute Gasteiger partial charge is 0.272 e. The van der Waals surface area contributed by atoms with Crippen LogP contribution in [0.3, 0.4) is 0 Å². The van der Waals surface area contributed by atoms with Gasteiger partial charge in [0.25, 0.3) is 5.91 Å². The van der Waals surface area contributed by atoms with Crippen molar-refractivity contribution in [3.8, 4) is 0 Å². The van der Waals surface area contributed by atoms with Gasteiger partial charge in [0.1, 0.15) is 5.69 Å². The number of rotatable bonds is 3. The van der Waals surface area contributed by atoms with Gasteiger partial charge in [0.15, 0.2) is 0 Å². The van der Waals surface area contributed by atoms with Crippen LogP contribution in [0.1, 0.15) is 40.0 Å². The Morgan fingerprint density at radius 2 is 1.78 bits per heavy atom. The molecule has 0 bridgehead atoms. The first-order valence-corrected chi connectivity index (χ1v) is 8.02. The highest BCUT2D eigenvalue weighted by atomic mass is 16.2. The molecule has 5 heteroatoms. The van der Waals surface area contributed by atoms with Crippen molar-refractivity contribution >= 4 is 17.5 Å². The van der Waals surface area contributed by atoms with E-state index in [0.717, 1.165) is 42.7 Å². The largest absolute Gasteiger partial charge is 0.337 e. The molecular weight excluding hydrogens is 288 g/mol. The Morgan fingerprint density at radius 3 is 2.43 bits per heavy atom. The minimum atomic E-state index is -0.00898. The van der Waals surface area contributed by atoms with Crippen LogP contribution in [-0.2, 0) is 0 Å². The van der Waals surface area contributed by atoms with Crippen molar-refractivity contribution in [2.75, 3.05) is 18.4 Å². The Bertz CT molecular complexity index is 713. The molecule has 1 aromatic carbocycles. The minimum Gasteiger partial charge on any atom is -0.337 e. The highest BCUT2D eigenvalue weighted by Gasteiger charge is 2.21. The average molecular weight is 310 g/mol. The number of hydrogen-bond donors (Lipinski definition) is 1. The van der Waals surface area contributed by atoms with E-state index in [9.17, 15) is 4.79 Å². The second-order valence-corrected chi connectivity index (χ2v) is 6.16. The SMILES string of the molecule is Cc1cc(C)c(Nc2nccc(C(=O)N3CCCC3)n2)c(C)c1. The number of nitrogens with one attached hydrogen (secondary N) is 1. The quantitative estimate of drug-likeness (QED) is 0.944. The Balaban J connectivity index is 1.84. The van der Waals surface area contributed by atoms with Crippen LogP contribution in [0.15, 0.2) is 24.4 Å². The standard InChI is InChI=1S/C18H22N4O/c1-12-10-13(2)16(14(3)11-12)21-18-19-7-6-15(20-18)17(23)22-8-4-5-9-22/h6-7,10-11H,4-5,8-9H2,1-3H3,(H,19,20,21). The molecule has 1 fully saturated rings. The number of nitrogens with zero attached hydrogens (tertiary/aromatic N) is 3. The van der Waals surface area contributed by atoms with Crippen LogP contribution in [0.2, 0.25) is 0 Å². The predicted octanol–water partition coefficient (Wildman–Crippen LogP) is 3.38. The van der Waals surface area contributed by atoms with Gasteiger partial charge >= 0.3 is 0 Å². The number of carbonyl (C=O) groups is 1. The maximum Gasteiger partial charge on any atom is 0.272 e. The third-order valence-electron chi connectivity index (χ3n) is 4.18. The van der Waals surface area contributed by atoms with Crippen LogP contribution in [0, 0.1) is 20.8 Å². The third kappa shape index (κ3) is 3.33. The lowest BCUT2D eigenvalue weighted by Gasteiger charge is -2.16. The highest BCUT2D eigenvalue weighted by Crippen LogP contribution is 2.24. The second kappa shape index (κ2) is 6.36. The fourth-order valence-corrected chi connectivity index (χ4v) is 3.11. The Kier molecular flexibility index (Phi) is 4.28. The van der Waals surface area contributed by atoms with Crippen LogP contribution >= 0.6 is 0 Å². The summed E-state index contributed by atoms with van der Waals surface area (Å²) in [5.41, 5.74) is 4.96. The molecule has 1 amide bonds. The van der Waals surface area contributed by atoms with Crippen molar-refractivity contribution in [2.45, 2.75) is 33.6 Å². The van der Waals surface area contributed by atoms with E-state index in [0.29, 0.717) is 11.6 Å². The number of aryl methyl sites for hydroxylation is 3. The van der Waals surface area contributed by atoms with E-state index in [4.69, 9.17) is 0 Å². The first-order chi connectivity index (χ1) is 11.0. The van der Waals surface area contributed by atoms with Crippen molar-refractivity contribution in [2.24, 2.45) is 0 Å². The molecule has 1 saturated heterocycles. The maximum absolute atomic E-state index is 12.4. The fourth-order valence-electron chi connectivity index (χ4n) is 3.11. The molecule has 0 unspecified atom stereocenters. The normalized spacial score (nSPS) is 14.1. The summed E-state index contributed by atoms with van der Waals surface area (Å²) in [5.74, 6) is 0.454. The maximum atomic E-state index is 12.4. The Morgan fingerprint density at radius 1 is 1.13 bits per heavy atom. The van der Waals surface area contributed by atoms with E-state index in [1.807, 2.05) is 4.90 Å². The van der Waals surface area contributed by atoms with Crippen molar-refractivity contribution in [1.82, 2.24) is 14.9 Å². The van der Waals surface area contributed by atoms with Gasteiger partial charge in [-0.2, -0.15) is 0 Å². The van der Waals surface area contributed by atoms with Gasteiger partial charge in [-0.3, -0.25) is 4.79 Å². The van der Waals surface area contributed by atoms with Crippen molar-refractivity contribution in [1.29, 1.82) is 0 Å². The Labute approximate surface area is 136 Å². The summed E-state index contributed by atoms with van der Waals surface area (Å²) in [6.07, 6.45) is 3.78. The molecule has 1 N–H and O–H groups in total. The summed E-state index contributed by atoms with van der Waals surface area (Å²) >= 11 is 0. The van der Waals surface area contributed by atoms with Gasteiger partial charge in [-0.25, -0.2) is 9.97 Å². The molecule has 0 saturated carbocycles. The van der Waals surface area contributed by atoms with Crippen LogP contribution in [0.4, 0.5) is 11.6 Å². The topological polar surface area (TPSA) is 58.1 Å².